The molecule has 0 atom stereocenters. The molecule has 0 aliphatic heterocycles. The maximum Gasteiger partial charge on any atom is 0.180 e. The largest absolute Gasteiger partial charge is 0.383 e. The second-order valence-corrected chi connectivity index (χ2v) is 6.60. The molecule has 4 nitrogen and oxygen atoms in total. The van der Waals surface area contributed by atoms with Crippen LogP contribution in [0.4, 0.5) is 5.69 Å². The summed E-state index contributed by atoms with van der Waals surface area (Å²) >= 11 is 0. The van der Waals surface area contributed by atoms with Crippen molar-refractivity contribution in [2.75, 3.05) is 37.2 Å². The topological polar surface area (TPSA) is 49.4 Å². The maximum atomic E-state index is 12.0. The zero-order valence-corrected chi connectivity index (χ0v) is 12.8. The van der Waals surface area contributed by atoms with Crippen LogP contribution in [0.2, 0.25) is 0 Å². The van der Waals surface area contributed by atoms with Gasteiger partial charge in [0.1, 0.15) is 0 Å². The van der Waals surface area contributed by atoms with Crippen molar-refractivity contribution in [1.82, 2.24) is 4.90 Å². The maximum absolute atomic E-state index is 12.0. The zero-order valence-electron chi connectivity index (χ0n) is 12.0. The van der Waals surface area contributed by atoms with Gasteiger partial charge in [0.25, 0.3) is 0 Å². The van der Waals surface area contributed by atoms with Crippen molar-refractivity contribution in [1.29, 1.82) is 0 Å². The predicted molar refractivity (Wildman–Crippen MR) is 80.4 cm³/mol. The quantitative estimate of drug-likeness (QED) is 0.795. The number of hydrogen-bond acceptors (Lipinski definition) is 4. The van der Waals surface area contributed by atoms with Crippen LogP contribution in [0.1, 0.15) is 20.8 Å². The van der Waals surface area contributed by atoms with E-state index >= 15 is 0 Å². The highest BCUT2D eigenvalue weighted by Crippen LogP contribution is 2.21. The molecule has 108 valence electrons. The Balaban J connectivity index is 2.74. The molecule has 19 heavy (non-hydrogen) atoms. The fraction of sp³-hybridized carbons (Fsp3) is 0.571. The van der Waals surface area contributed by atoms with Crippen LogP contribution in [-0.4, -0.2) is 45.2 Å². The third-order valence-corrected chi connectivity index (χ3v) is 5.03. The normalized spacial score (nSPS) is 11.8. The molecule has 0 fully saturated rings. The molecular weight excluding hydrogens is 260 g/mol. The third kappa shape index (κ3) is 4.51. The summed E-state index contributed by atoms with van der Waals surface area (Å²) < 4.78 is 24.0. The van der Waals surface area contributed by atoms with Crippen LogP contribution >= 0.6 is 0 Å². The first-order valence-corrected chi connectivity index (χ1v) is 8.48. The van der Waals surface area contributed by atoms with Gasteiger partial charge in [-0.15, -0.1) is 0 Å². The molecule has 1 rings (SSSR count). The summed E-state index contributed by atoms with van der Waals surface area (Å²) in [4.78, 5) is 2.70. The van der Waals surface area contributed by atoms with Crippen molar-refractivity contribution >= 4 is 15.5 Å². The predicted octanol–water partition coefficient (Wildman–Crippen LogP) is 2.23. The number of benzene rings is 1. The summed E-state index contributed by atoms with van der Waals surface area (Å²) in [6.07, 6.45) is 0. The molecule has 5 heteroatoms. The molecule has 0 saturated heterocycles. The molecular formula is C14H24N2O2S. The summed E-state index contributed by atoms with van der Waals surface area (Å²) in [7, 11) is -3.17. The van der Waals surface area contributed by atoms with E-state index < -0.39 is 9.84 Å². The lowest BCUT2D eigenvalue weighted by molar-refractivity contribution is 0.316. The Morgan fingerprint density at radius 3 is 2.32 bits per heavy atom. The van der Waals surface area contributed by atoms with Crippen molar-refractivity contribution in [3.8, 4) is 0 Å². The Bertz CT molecular complexity index is 482. The van der Waals surface area contributed by atoms with Crippen molar-refractivity contribution in [2.45, 2.75) is 25.7 Å². The average molecular weight is 284 g/mol. The van der Waals surface area contributed by atoms with Gasteiger partial charge in [-0.1, -0.05) is 32.9 Å². The van der Waals surface area contributed by atoms with Gasteiger partial charge in [0.15, 0.2) is 9.84 Å². The first-order chi connectivity index (χ1) is 9.05. The highest BCUT2D eigenvalue weighted by atomic mass is 32.2. The van der Waals surface area contributed by atoms with Gasteiger partial charge in [0.2, 0.25) is 0 Å². The van der Waals surface area contributed by atoms with Crippen molar-refractivity contribution < 1.29 is 8.42 Å². The van der Waals surface area contributed by atoms with Crippen LogP contribution in [0.15, 0.2) is 29.2 Å². The van der Waals surface area contributed by atoms with Crippen LogP contribution in [0.5, 0.6) is 0 Å². The molecule has 0 heterocycles. The van der Waals surface area contributed by atoms with Gasteiger partial charge in [-0.05, 0) is 25.2 Å². The summed E-state index contributed by atoms with van der Waals surface area (Å²) in [5.74, 6) is 0.127. The summed E-state index contributed by atoms with van der Waals surface area (Å²) in [6, 6.07) is 7.11. The number of sulfone groups is 1. The second-order valence-electron chi connectivity index (χ2n) is 4.35. The lowest BCUT2D eigenvalue weighted by Gasteiger charge is -2.19. The SMILES string of the molecule is CCN(CC)CCNc1ccccc1S(=O)(=O)CC. The molecule has 1 aromatic carbocycles. The highest BCUT2D eigenvalue weighted by Gasteiger charge is 2.15. The molecule has 0 aliphatic carbocycles. The van der Waals surface area contributed by atoms with E-state index in [9.17, 15) is 8.42 Å². The van der Waals surface area contributed by atoms with Gasteiger partial charge in [-0.2, -0.15) is 0 Å². The van der Waals surface area contributed by atoms with Crippen molar-refractivity contribution in [3.05, 3.63) is 24.3 Å². The molecule has 0 amide bonds. The van der Waals surface area contributed by atoms with Gasteiger partial charge >= 0.3 is 0 Å². The number of hydrogen-bond donors (Lipinski definition) is 1. The Labute approximate surface area is 116 Å². The van der Waals surface area contributed by atoms with Gasteiger partial charge < -0.3 is 10.2 Å². The molecule has 1 aromatic rings. The highest BCUT2D eigenvalue weighted by molar-refractivity contribution is 7.91. The van der Waals surface area contributed by atoms with Gasteiger partial charge in [-0.3, -0.25) is 0 Å². The standard InChI is InChI=1S/C14H24N2O2S/c1-4-16(5-2)12-11-15-13-9-7-8-10-14(13)19(17,18)6-3/h7-10,15H,4-6,11-12H2,1-3H3. The molecule has 0 saturated carbocycles. The Morgan fingerprint density at radius 2 is 1.74 bits per heavy atom. The van der Waals surface area contributed by atoms with Crippen molar-refractivity contribution in [3.63, 3.8) is 0 Å². The minimum atomic E-state index is -3.17. The number of anilines is 1. The van der Waals surface area contributed by atoms with Crippen LogP contribution in [-0.2, 0) is 9.84 Å². The lowest BCUT2D eigenvalue weighted by atomic mass is 10.3. The van der Waals surface area contributed by atoms with E-state index in [-0.39, 0.29) is 5.75 Å². The second kappa shape index (κ2) is 7.50. The molecule has 0 aliphatic rings. The number of likely N-dealkylation sites (N-methyl/N-ethyl adjacent to an activating group) is 1. The van der Waals surface area contributed by atoms with E-state index in [1.165, 1.54) is 0 Å². The average Bonchev–Trinajstić information content (AvgIpc) is 2.44. The first kappa shape index (κ1) is 16.0. The van der Waals surface area contributed by atoms with Gasteiger partial charge in [-0.25, -0.2) is 8.42 Å². The molecule has 0 unspecified atom stereocenters. The molecule has 0 radical (unpaired) electrons. The van der Waals surface area contributed by atoms with E-state index in [0.29, 0.717) is 10.6 Å². The Morgan fingerprint density at radius 1 is 1.11 bits per heavy atom. The number of rotatable bonds is 8. The van der Waals surface area contributed by atoms with Crippen LogP contribution in [0, 0.1) is 0 Å². The molecule has 0 spiro atoms. The number of nitrogens with zero attached hydrogens (tertiary/aromatic N) is 1. The minimum absolute atomic E-state index is 0.127. The summed E-state index contributed by atoms with van der Waals surface area (Å²) in [5.41, 5.74) is 0.705. The van der Waals surface area contributed by atoms with E-state index in [2.05, 4.69) is 24.1 Å². The van der Waals surface area contributed by atoms with Crippen LogP contribution in [0.25, 0.3) is 0 Å². The van der Waals surface area contributed by atoms with Crippen molar-refractivity contribution in [2.24, 2.45) is 0 Å². The van der Waals surface area contributed by atoms with E-state index in [1.54, 1.807) is 19.1 Å². The summed E-state index contributed by atoms with van der Waals surface area (Å²) in [6.45, 7) is 9.59. The fourth-order valence-corrected chi connectivity index (χ4v) is 3.00. The van der Waals surface area contributed by atoms with E-state index in [1.807, 2.05) is 12.1 Å². The lowest BCUT2D eigenvalue weighted by Crippen LogP contribution is -2.28. The minimum Gasteiger partial charge on any atom is -0.383 e. The fourth-order valence-electron chi connectivity index (χ4n) is 1.93. The molecule has 1 N–H and O–H groups in total. The van der Waals surface area contributed by atoms with E-state index in [0.717, 1.165) is 26.2 Å². The molecule has 0 bridgehead atoms. The molecule has 0 aromatic heterocycles. The van der Waals surface area contributed by atoms with E-state index in [4.69, 9.17) is 0 Å². The van der Waals surface area contributed by atoms with Crippen LogP contribution < -0.4 is 5.32 Å². The smallest absolute Gasteiger partial charge is 0.180 e. The number of nitrogens with one attached hydrogen (secondary N) is 1. The number of para-hydroxylation sites is 1. The third-order valence-electron chi connectivity index (χ3n) is 3.24. The van der Waals surface area contributed by atoms with Crippen LogP contribution in [0.3, 0.4) is 0 Å². The monoisotopic (exact) mass is 284 g/mol. The Hall–Kier alpha value is -1.07. The zero-order chi connectivity index (χ0) is 14.3. The van der Waals surface area contributed by atoms with Gasteiger partial charge in [0.05, 0.1) is 16.3 Å². The van der Waals surface area contributed by atoms with Gasteiger partial charge in [0, 0.05) is 13.1 Å². The first-order valence-electron chi connectivity index (χ1n) is 6.83. The Kier molecular flexibility index (Phi) is 6.31. The summed E-state index contributed by atoms with van der Waals surface area (Å²) in [5, 5.41) is 3.23.